The quantitative estimate of drug-likeness (QED) is 0.261. The summed E-state index contributed by atoms with van der Waals surface area (Å²) in [6.07, 6.45) is 6.45. The van der Waals surface area contributed by atoms with Crippen molar-refractivity contribution in [2.45, 2.75) is 103 Å². The number of hydrogen-bond acceptors (Lipinski definition) is 3. The second kappa shape index (κ2) is 8.42. The Labute approximate surface area is 171 Å². The number of ether oxygens (including phenoxy) is 1. The standard InChI is InChI=1S/C20H44O3Si4/c1-18(19(21)22-2)17-20(15-13-12-14-16-20)23-27(24(3,4)5,25(6,7)8)26(9,10)11/h1,12-17H2,2-11H3. The Morgan fingerprint density at radius 3 is 1.59 bits per heavy atom. The molecule has 1 rings (SSSR count). The number of methoxy groups -OCH3 is 1. The lowest BCUT2D eigenvalue weighted by Gasteiger charge is -2.60. The number of carbonyl (C=O) groups is 1. The van der Waals surface area contributed by atoms with Gasteiger partial charge in [-0.15, -0.1) is 0 Å². The monoisotopic (exact) mass is 444 g/mol. The molecule has 0 unspecified atom stereocenters. The number of rotatable bonds is 8. The normalized spacial score (nSPS) is 18.9. The van der Waals surface area contributed by atoms with Crippen LogP contribution in [-0.4, -0.2) is 48.3 Å². The van der Waals surface area contributed by atoms with E-state index in [0.717, 1.165) is 12.8 Å². The minimum Gasteiger partial charge on any atom is -0.466 e. The Morgan fingerprint density at radius 2 is 1.26 bits per heavy atom. The first-order chi connectivity index (χ1) is 12.0. The zero-order valence-electron chi connectivity index (χ0n) is 19.7. The fourth-order valence-electron chi connectivity index (χ4n) is 6.28. The van der Waals surface area contributed by atoms with E-state index in [-0.39, 0.29) is 11.6 Å². The van der Waals surface area contributed by atoms with Gasteiger partial charge in [0, 0.05) is 12.0 Å². The van der Waals surface area contributed by atoms with E-state index in [1.54, 1.807) is 0 Å². The van der Waals surface area contributed by atoms with Crippen LogP contribution in [0.25, 0.3) is 0 Å². The van der Waals surface area contributed by atoms with Crippen molar-refractivity contribution in [3.63, 3.8) is 0 Å². The average molecular weight is 445 g/mol. The minimum atomic E-state index is -1.95. The van der Waals surface area contributed by atoms with Crippen molar-refractivity contribution in [3.8, 4) is 0 Å². The molecule has 0 bridgehead atoms. The van der Waals surface area contributed by atoms with E-state index in [0.29, 0.717) is 12.0 Å². The van der Waals surface area contributed by atoms with Gasteiger partial charge >= 0.3 is 5.97 Å². The predicted molar refractivity (Wildman–Crippen MR) is 128 cm³/mol. The fraction of sp³-hybridized carbons (Fsp3) is 0.850. The first-order valence-corrected chi connectivity index (χ1v) is 25.9. The Hall–Kier alpha value is 0.0375. The molecule has 0 heterocycles. The summed E-state index contributed by atoms with van der Waals surface area (Å²) >= 11 is 0. The molecule has 0 radical (unpaired) electrons. The summed E-state index contributed by atoms with van der Waals surface area (Å²) in [7, 11) is -3.14. The van der Waals surface area contributed by atoms with E-state index >= 15 is 0 Å². The second-order valence-electron chi connectivity index (χ2n) is 11.5. The van der Waals surface area contributed by atoms with Crippen LogP contribution in [0, 0.1) is 0 Å². The topological polar surface area (TPSA) is 35.5 Å². The van der Waals surface area contributed by atoms with Crippen molar-refractivity contribution in [1.29, 1.82) is 0 Å². The highest BCUT2D eigenvalue weighted by Crippen LogP contribution is 2.46. The highest BCUT2D eigenvalue weighted by Gasteiger charge is 2.66. The maximum atomic E-state index is 12.1. The van der Waals surface area contributed by atoms with Crippen LogP contribution in [-0.2, 0) is 14.0 Å². The third-order valence-electron chi connectivity index (χ3n) is 6.31. The summed E-state index contributed by atoms with van der Waals surface area (Å²) < 4.78 is 12.7. The van der Waals surface area contributed by atoms with Crippen LogP contribution in [0.4, 0.5) is 0 Å². The van der Waals surface area contributed by atoms with E-state index in [2.05, 4.69) is 65.5 Å². The molecule has 0 amide bonds. The summed E-state index contributed by atoms with van der Waals surface area (Å²) in [6.45, 7) is 25.1. The average Bonchev–Trinajstić information content (AvgIpc) is 2.49. The molecule has 7 heteroatoms. The lowest BCUT2D eigenvalue weighted by molar-refractivity contribution is -0.136. The molecule has 158 valence electrons. The Balaban J connectivity index is 3.52. The third-order valence-corrected chi connectivity index (χ3v) is 73.8. The molecule has 0 spiro atoms. The molecule has 1 fully saturated rings. The van der Waals surface area contributed by atoms with Crippen LogP contribution in [0.5, 0.6) is 0 Å². The van der Waals surface area contributed by atoms with Crippen LogP contribution in [0.3, 0.4) is 0 Å². The molecular weight excluding hydrogens is 401 g/mol. The van der Waals surface area contributed by atoms with Crippen molar-refractivity contribution in [2.75, 3.05) is 7.11 Å². The number of carbonyl (C=O) groups excluding carboxylic acids is 1. The maximum absolute atomic E-state index is 12.1. The molecule has 0 aromatic carbocycles. The van der Waals surface area contributed by atoms with Crippen molar-refractivity contribution in [1.82, 2.24) is 0 Å². The van der Waals surface area contributed by atoms with E-state index < -0.39 is 29.6 Å². The third kappa shape index (κ3) is 5.15. The molecule has 0 aromatic rings. The van der Waals surface area contributed by atoms with Crippen LogP contribution in [0.1, 0.15) is 38.5 Å². The lowest BCUT2D eigenvalue weighted by Crippen LogP contribution is -2.85. The lowest BCUT2D eigenvalue weighted by atomic mass is 9.80. The molecule has 1 aliphatic rings. The summed E-state index contributed by atoms with van der Waals surface area (Å²) in [5.74, 6) is -0.273. The van der Waals surface area contributed by atoms with E-state index in [1.807, 2.05) is 0 Å². The molecule has 0 N–H and O–H groups in total. The Bertz CT molecular complexity index is 511. The summed E-state index contributed by atoms with van der Waals surface area (Å²) in [5.41, 5.74) is 0.389. The summed E-state index contributed by atoms with van der Waals surface area (Å²) in [4.78, 5) is 12.1. The van der Waals surface area contributed by atoms with Gasteiger partial charge in [-0.25, -0.2) is 4.79 Å². The van der Waals surface area contributed by atoms with Gasteiger partial charge in [-0.3, -0.25) is 0 Å². The van der Waals surface area contributed by atoms with Gasteiger partial charge in [0.1, 0.15) is 0 Å². The van der Waals surface area contributed by atoms with Gasteiger partial charge in [0.15, 0.2) is 6.87 Å². The molecule has 0 saturated heterocycles. The molecule has 0 aromatic heterocycles. The first kappa shape index (κ1) is 25.1. The van der Waals surface area contributed by atoms with Crippen molar-refractivity contribution >= 4 is 35.6 Å². The van der Waals surface area contributed by atoms with Crippen molar-refractivity contribution in [3.05, 3.63) is 12.2 Å². The number of hydrogen-bond donors (Lipinski definition) is 0. The zero-order chi connectivity index (χ0) is 21.3. The van der Waals surface area contributed by atoms with Crippen molar-refractivity contribution in [2.24, 2.45) is 0 Å². The molecule has 1 aliphatic carbocycles. The smallest absolute Gasteiger partial charge is 0.333 e. The van der Waals surface area contributed by atoms with Crippen LogP contribution >= 0.6 is 0 Å². The predicted octanol–water partition coefficient (Wildman–Crippen LogP) is 6.02. The van der Waals surface area contributed by atoms with E-state index in [1.165, 1.54) is 26.4 Å². The molecule has 3 nitrogen and oxygen atoms in total. The fourth-order valence-corrected chi connectivity index (χ4v) is 101. The minimum absolute atomic E-state index is 0.198. The summed E-state index contributed by atoms with van der Waals surface area (Å²) in [6, 6.07) is 0. The first-order valence-electron chi connectivity index (χ1n) is 10.5. The SMILES string of the molecule is C=C(CC1(O[Si]([Si](C)(C)C)([Si](C)(C)C)[Si](C)(C)C)CCCCC1)C(=O)OC. The van der Waals surface area contributed by atoms with Crippen LogP contribution in [0.15, 0.2) is 12.2 Å². The van der Waals surface area contributed by atoms with Gasteiger partial charge in [0.05, 0.1) is 35.5 Å². The van der Waals surface area contributed by atoms with E-state index in [9.17, 15) is 4.79 Å². The number of esters is 1. The Morgan fingerprint density at radius 1 is 0.852 bits per heavy atom. The highest BCUT2D eigenvalue weighted by atomic mass is 29.9. The summed E-state index contributed by atoms with van der Waals surface area (Å²) in [5, 5.41) is 0. The van der Waals surface area contributed by atoms with Crippen LogP contribution < -0.4 is 0 Å². The molecular formula is C20H44O3Si4. The Kier molecular flexibility index (Phi) is 7.82. The van der Waals surface area contributed by atoms with Gasteiger partial charge < -0.3 is 9.16 Å². The molecule has 1 saturated carbocycles. The van der Waals surface area contributed by atoms with Gasteiger partial charge in [-0.1, -0.05) is 84.8 Å². The molecule has 0 atom stereocenters. The van der Waals surface area contributed by atoms with Gasteiger partial charge in [0.2, 0.25) is 0 Å². The largest absolute Gasteiger partial charge is 0.466 e. The highest BCUT2D eigenvalue weighted by molar-refractivity contribution is 7.87. The maximum Gasteiger partial charge on any atom is 0.333 e. The molecule has 0 aliphatic heterocycles. The van der Waals surface area contributed by atoms with Gasteiger partial charge in [0.25, 0.3) is 0 Å². The molecule has 27 heavy (non-hydrogen) atoms. The van der Waals surface area contributed by atoms with E-state index in [4.69, 9.17) is 9.16 Å². The van der Waals surface area contributed by atoms with Gasteiger partial charge in [-0.2, -0.15) is 0 Å². The zero-order valence-corrected chi connectivity index (χ0v) is 23.7. The van der Waals surface area contributed by atoms with Crippen molar-refractivity contribution < 1.29 is 14.0 Å². The van der Waals surface area contributed by atoms with Gasteiger partial charge in [-0.05, 0) is 12.8 Å². The second-order valence-corrected chi connectivity index (χ2v) is 51.0. The van der Waals surface area contributed by atoms with Crippen LogP contribution in [0.2, 0.25) is 58.9 Å².